The predicted octanol–water partition coefficient (Wildman–Crippen LogP) is 0.312. The fourth-order valence-electron chi connectivity index (χ4n) is 0.553. The first kappa shape index (κ1) is 12.9. The SMILES string of the molecule is CNC(C)CNS(=O)(=O)C(C)(C)C. The van der Waals surface area contributed by atoms with Gasteiger partial charge in [0.05, 0.1) is 4.75 Å². The van der Waals surface area contributed by atoms with Crippen molar-refractivity contribution in [2.75, 3.05) is 13.6 Å². The van der Waals surface area contributed by atoms with Gasteiger partial charge in [0.1, 0.15) is 0 Å². The van der Waals surface area contributed by atoms with Crippen molar-refractivity contribution in [1.82, 2.24) is 10.0 Å². The summed E-state index contributed by atoms with van der Waals surface area (Å²) in [6.07, 6.45) is 0. The molecule has 0 aromatic rings. The topological polar surface area (TPSA) is 58.2 Å². The van der Waals surface area contributed by atoms with Crippen molar-refractivity contribution in [2.24, 2.45) is 0 Å². The van der Waals surface area contributed by atoms with Gasteiger partial charge in [-0.3, -0.25) is 0 Å². The van der Waals surface area contributed by atoms with Gasteiger partial charge in [0.15, 0.2) is 0 Å². The number of rotatable bonds is 4. The van der Waals surface area contributed by atoms with Crippen molar-refractivity contribution in [2.45, 2.75) is 38.5 Å². The number of sulfonamides is 1. The number of hydrogen-bond acceptors (Lipinski definition) is 3. The lowest BCUT2D eigenvalue weighted by Crippen LogP contribution is -2.44. The van der Waals surface area contributed by atoms with Crippen molar-refractivity contribution >= 4 is 10.0 Å². The Balaban J connectivity index is 4.22. The van der Waals surface area contributed by atoms with Crippen LogP contribution in [-0.2, 0) is 10.0 Å². The normalized spacial score (nSPS) is 15.8. The zero-order valence-corrected chi connectivity index (χ0v) is 9.83. The molecular formula is C8H20N2O2S. The predicted molar refractivity (Wildman–Crippen MR) is 55.2 cm³/mol. The van der Waals surface area contributed by atoms with E-state index in [-0.39, 0.29) is 6.04 Å². The van der Waals surface area contributed by atoms with Crippen LogP contribution in [0.2, 0.25) is 0 Å². The highest BCUT2D eigenvalue weighted by atomic mass is 32.2. The summed E-state index contributed by atoms with van der Waals surface area (Å²) in [6.45, 7) is 7.39. The minimum atomic E-state index is -3.19. The van der Waals surface area contributed by atoms with E-state index in [1.165, 1.54) is 0 Å². The second kappa shape index (κ2) is 4.39. The summed E-state index contributed by atoms with van der Waals surface area (Å²) >= 11 is 0. The second-order valence-corrected chi connectivity index (χ2v) is 6.67. The first-order chi connectivity index (χ1) is 5.70. The summed E-state index contributed by atoms with van der Waals surface area (Å²) in [6, 6.07) is 0.150. The summed E-state index contributed by atoms with van der Waals surface area (Å²) in [5.41, 5.74) is 0. The van der Waals surface area contributed by atoms with Gasteiger partial charge in [0.25, 0.3) is 0 Å². The monoisotopic (exact) mass is 208 g/mol. The summed E-state index contributed by atoms with van der Waals surface area (Å²) < 4.78 is 24.9. The molecule has 0 spiro atoms. The van der Waals surface area contributed by atoms with Crippen LogP contribution in [0.5, 0.6) is 0 Å². The molecule has 4 nitrogen and oxygen atoms in total. The molecule has 0 rings (SSSR count). The van der Waals surface area contributed by atoms with Crippen LogP contribution in [-0.4, -0.2) is 32.8 Å². The first-order valence-corrected chi connectivity index (χ1v) is 5.85. The van der Waals surface area contributed by atoms with Crippen LogP contribution in [0.4, 0.5) is 0 Å². The third-order valence-corrected chi connectivity index (χ3v) is 4.04. The average Bonchev–Trinajstić information content (AvgIpc) is 1.98. The molecule has 80 valence electrons. The quantitative estimate of drug-likeness (QED) is 0.699. The van der Waals surface area contributed by atoms with Gasteiger partial charge >= 0.3 is 0 Å². The van der Waals surface area contributed by atoms with Crippen molar-refractivity contribution in [1.29, 1.82) is 0 Å². The van der Waals surface area contributed by atoms with Crippen molar-refractivity contribution < 1.29 is 8.42 Å². The molecular weight excluding hydrogens is 188 g/mol. The summed E-state index contributed by atoms with van der Waals surface area (Å²) in [5.74, 6) is 0. The molecule has 0 saturated carbocycles. The standard InChI is InChI=1S/C8H20N2O2S/c1-7(9-5)6-10-13(11,12)8(2,3)4/h7,9-10H,6H2,1-5H3. The van der Waals surface area contributed by atoms with E-state index in [4.69, 9.17) is 0 Å². The van der Waals surface area contributed by atoms with E-state index in [2.05, 4.69) is 10.0 Å². The Bertz CT molecular complexity index is 241. The van der Waals surface area contributed by atoms with Crippen LogP contribution in [0, 0.1) is 0 Å². The van der Waals surface area contributed by atoms with Crippen LogP contribution in [0.15, 0.2) is 0 Å². The van der Waals surface area contributed by atoms with Gasteiger partial charge in [-0.25, -0.2) is 13.1 Å². The van der Waals surface area contributed by atoms with Gasteiger partial charge in [0, 0.05) is 12.6 Å². The highest BCUT2D eigenvalue weighted by Crippen LogP contribution is 2.12. The summed E-state index contributed by atoms with van der Waals surface area (Å²) in [5, 5.41) is 2.96. The molecule has 0 saturated heterocycles. The molecule has 0 aliphatic rings. The van der Waals surface area contributed by atoms with Gasteiger partial charge in [-0.05, 0) is 34.7 Å². The number of likely N-dealkylation sites (N-methyl/N-ethyl adjacent to an activating group) is 1. The summed E-state index contributed by atoms with van der Waals surface area (Å²) in [7, 11) is -1.39. The molecule has 1 unspecified atom stereocenters. The van der Waals surface area contributed by atoms with Gasteiger partial charge in [0.2, 0.25) is 10.0 Å². The minimum Gasteiger partial charge on any atom is -0.316 e. The van der Waals surface area contributed by atoms with E-state index in [1.54, 1.807) is 27.8 Å². The van der Waals surface area contributed by atoms with E-state index in [1.807, 2.05) is 6.92 Å². The second-order valence-electron chi connectivity index (χ2n) is 4.15. The minimum absolute atomic E-state index is 0.150. The van der Waals surface area contributed by atoms with E-state index >= 15 is 0 Å². The zero-order valence-electron chi connectivity index (χ0n) is 9.01. The third kappa shape index (κ3) is 4.06. The number of hydrogen-bond donors (Lipinski definition) is 2. The highest BCUT2D eigenvalue weighted by molar-refractivity contribution is 7.90. The van der Waals surface area contributed by atoms with Gasteiger partial charge < -0.3 is 5.32 Å². The molecule has 0 amide bonds. The van der Waals surface area contributed by atoms with Gasteiger partial charge in [-0.2, -0.15) is 0 Å². The van der Waals surface area contributed by atoms with Crippen LogP contribution in [0.1, 0.15) is 27.7 Å². The molecule has 0 radical (unpaired) electrons. The fraction of sp³-hybridized carbons (Fsp3) is 1.00. The van der Waals surface area contributed by atoms with E-state index in [9.17, 15) is 8.42 Å². The molecule has 0 fully saturated rings. The zero-order chi connectivity index (χ0) is 10.7. The van der Waals surface area contributed by atoms with Crippen molar-refractivity contribution in [3.63, 3.8) is 0 Å². The van der Waals surface area contributed by atoms with Gasteiger partial charge in [-0.1, -0.05) is 0 Å². The molecule has 0 aliphatic heterocycles. The average molecular weight is 208 g/mol. The molecule has 0 aromatic carbocycles. The largest absolute Gasteiger partial charge is 0.316 e. The Morgan fingerprint density at radius 3 is 2.08 bits per heavy atom. The molecule has 0 aromatic heterocycles. The lowest BCUT2D eigenvalue weighted by atomic mass is 10.3. The lowest BCUT2D eigenvalue weighted by molar-refractivity contribution is 0.527. The Morgan fingerprint density at radius 1 is 1.31 bits per heavy atom. The maximum Gasteiger partial charge on any atom is 0.216 e. The van der Waals surface area contributed by atoms with E-state index in [0.717, 1.165) is 0 Å². The maximum atomic E-state index is 11.5. The Morgan fingerprint density at radius 2 is 1.77 bits per heavy atom. The van der Waals surface area contributed by atoms with Crippen LogP contribution in [0.25, 0.3) is 0 Å². The maximum absolute atomic E-state index is 11.5. The van der Waals surface area contributed by atoms with E-state index in [0.29, 0.717) is 6.54 Å². The smallest absolute Gasteiger partial charge is 0.216 e. The van der Waals surface area contributed by atoms with Crippen LogP contribution in [0.3, 0.4) is 0 Å². The molecule has 13 heavy (non-hydrogen) atoms. The van der Waals surface area contributed by atoms with Crippen LogP contribution < -0.4 is 10.0 Å². The van der Waals surface area contributed by atoms with E-state index < -0.39 is 14.8 Å². The molecule has 0 bridgehead atoms. The molecule has 1 atom stereocenters. The molecule has 5 heteroatoms. The number of nitrogens with one attached hydrogen (secondary N) is 2. The third-order valence-electron chi connectivity index (χ3n) is 1.88. The Hall–Kier alpha value is -0.130. The van der Waals surface area contributed by atoms with Crippen molar-refractivity contribution in [3.05, 3.63) is 0 Å². The van der Waals surface area contributed by atoms with Gasteiger partial charge in [-0.15, -0.1) is 0 Å². The highest BCUT2D eigenvalue weighted by Gasteiger charge is 2.28. The fourth-order valence-corrected chi connectivity index (χ4v) is 1.46. The molecule has 2 N–H and O–H groups in total. The molecule has 0 aliphatic carbocycles. The first-order valence-electron chi connectivity index (χ1n) is 4.37. The summed E-state index contributed by atoms with van der Waals surface area (Å²) in [4.78, 5) is 0. The van der Waals surface area contributed by atoms with Crippen molar-refractivity contribution in [3.8, 4) is 0 Å². The Labute approximate surface area is 81.2 Å². The molecule has 0 heterocycles. The lowest BCUT2D eigenvalue weighted by Gasteiger charge is -2.21. The Kier molecular flexibility index (Phi) is 4.35. The van der Waals surface area contributed by atoms with Crippen LogP contribution >= 0.6 is 0 Å².